The predicted octanol–water partition coefficient (Wildman–Crippen LogP) is 1.40. The number of carbonyl (C=O) groups excluding carboxylic acids is 3. The van der Waals surface area contributed by atoms with Crippen molar-refractivity contribution >= 4 is 34.9 Å². The van der Waals surface area contributed by atoms with Gasteiger partial charge in [-0.05, 0) is 18.6 Å². The molecule has 1 N–H and O–H groups in total. The third-order valence-corrected chi connectivity index (χ3v) is 3.12. The monoisotopic (exact) mass is 280 g/mol. The first-order valence-corrected chi connectivity index (χ1v) is 6.35. The van der Waals surface area contributed by atoms with Gasteiger partial charge in [-0.15, -0.1) is 0 Å². The second kappa shape index (κ2) is 5.40. The Kier molecular flexibility index (Phi) is 3.85. The van der Waals surface area contributed by atoms with Gasteiger partial charge in [0.2, 0.25) is 5.91 Å². The summed E-state index contributed by atoms with van der Waals surface area (Å²) in [5, 5.41) is 2.95. The van der Waals surface area contributed by atoms with Crippen molar-refractivity contribution in [1.29, 1.82) is 0 Å². The molecular weight excluding hydrogens is 268 g/mol. The van der Waals surface area contributed by atoms with E-state index in [1.54, 1.807) is 12.1 Å². The number of rotatable bonds is 4. The Hall–Kier alpha value is -1.88. The van der Waals surface area contributed by atoms with Crippen LogP contribution in [0.5, 0.6) is 0 Å². The second-order valence-corrected chi connectivity index (χ2v) is 4.61. The summed E-state index contributed by atoms with van der Waals surface area (Å²) in [7, 11) is 0. The molecule has 0 radical (unpaired) electrons. The van der Waals surface area contributed by atoms with Crippen LogP contribution in [0.4, 0.5) is 5.69 Å². The van der Waals surface area contributed by atoms with Crippen molar-refractivity contribution in [2.75, 3.05) is 18.0 Å². The van der Waals surface area contributed by atoms with Gasteiger partial charge in [-0.25, -0.2) is 0 Å². The first-order chi connectivity index (χ1) is 9.06. The quantitative estimate of drug-likeness (QED) is 0.848. The molecule has 0 aliphatic carbocycles. The Morgan fingerprint density at radius 1 is 1.37 bits per heavy atom. The fourth-order valence-electron chi connectivity index (χ4n) is 1.93. The third kappa shape index (κ3) is 2.46. The van der Waals surface area contributed by atoms with E-state index in [0.717, 1.165) is 11.3 Å². The number of fused-ring (bicyclic) bond motifs is 1. The Morgan fingerprint density at radius 2 is 2.11 bits per heavy atom. The second-order valence-electron chi connectivity index (χ2n) is 4.21. The van der Waals surface area contributed by atoms with Crippen LogP contribution in [0.2, 0.25) is 5.02 Å². The molecule has 0 spiro atoms. The van der Waals surface area contributed by atoms with Crippen LogP contribution in [-0.4, -0.2) is 30.7 Å². The number of hydrogen-bond acceptors (Lipinski definition) is 3. The van der Waals surface area contributed by atoms with Crippen LogP contribution in [0.25, 0.3) is 0 Å². The van der Waals surface area contributed by atoms with E-state index in [1.165, 1.54) is 6.07 Å². The topological polar surface area (TPSA) is 66.5 Å². The number of nitrogens with zero attached hydrogens (tertiary/aromatic N) is 1. The van der Waals surface area contributed by atoms with Crippen molar-refractivity contribution in [3.63, 3.8) is 0 Å². The summed E-state index contributed by atoms with van der Waals surface area (Å²) in [5.41, 5.74) is 0.576. The van der Waals surface area contributed by atoms with Gasteiger partial charge in [-0.2, -0.15) is 0 Å². The van der Waals surface area contributed by atoms with Gasteiger partial charge in [0, 0.05) is 6.54 Å². The SMILES string of the molecule is CCCNC(=O)CN1C(=O)C(=O)c2cccc(Cl)c21. The molecule has 5 nitrogen and oxygen atoms in total. The molecule has 2 rings (SSSR count). The molecule has 2 amide bonds. The molecule has 0 unspecified atom stereocenters. The molecule has 19 heavy (non-hydrogen) atoms. The number of halogens is 1. The molecule has 1 aromatic carbocycles. The first kappa shape index (κ1) is 13.5. The van der Waals surface area contributed by atoms with E-state index in [2.05, 4.69) is 5.32 Å². The number of para-hydroxylation sites is 1. The van der Waals surface area contributed by atoms with E-state index in [1.807, 2.05) is 6.92 Å². The highest BCUT2D eigenvalue weighted by molar-refractivity contribution is 6.54. The number of anilines is 1. The van der Waals surface area contributed by atoms with Gasteiger partial charge in [0.25, 0.3) is 11.7 Å². The third-order valence-electron chi connectivity index (χ3n) is 2.81. The van der Waals surface area contributed by atoms with Crippen molar-refractivity contribution in [1.82, 2.24) is 5.32 Å². The molecule has 1 heterocycles. The summed E-state index contributed by atoms with van der Waals surface area (Å²) in [6.45, 7) is 2.27. The summed E-state index contributed by atoms with van der Waals surface area (Å²) < 4.78 is 0. The average Bonchev–Trinajstić information content (AvgIpc) is 2.63. The Balaban J connectivity index is 2.26. The molecule has 1 aliphatic heterocycles. The maximum atomic E-state index is 11.9. The summed E-state index contributed by atoms with van der Waals surface area (Å²) >= 11 is 6.00. The maximum absolute atomic E-state index is 11.9. The lowest BCUT2D eigenvalue weighted by Crippen LogP contribution is -2.40. The number of carbonyl (C=O) groups is 3. The van der Waals surface area contributed by atoms with E-state index >= 15 is 0 Å². The van der Waals surface area contributed by atoms with Gasteiger partial charge in [0.05, 0.1) is 16.3 Å². The zero-order valence-electron chi connectivity index (χ0n) is 10.4. The van der Waals surface area contributed by atoms with Crippen LogP contribution in [0.15, 0.2) is 18.2 Å². The van der Waals surface area contributed by atoms with Gasteiger partial charge >= 0.3 is 0 Å². The van der Waals surface area contributed by atoms with Crippen LogP contribution in [0.3, 0.4) is 0 Å². The molecule has 1 aliphatic rings. The molecule has 0 fully saturated rings. The molecule has 6 heteroatoms. The highest BCUT2D eigenvalue weighted by Crippen LogP contribution is 2.35. The number of hydrogen-bond donors (Lipinski definition) is 1. The minimum absolute atomic E-state index is 0.193. The normalized spacial score (nSPS) is 13.7. The predicted molar refractivity (Wildman–Crippen MR) is 71.4 cm³/mol. The van der Waals surface area contributed by atoms with E-state index in [-0.39, 0.29) is 18.0 Å². The number of nitrogens with one attached hydrogen (secondary N) is 1. The highest BCUT2D eigenvalue weighted by atomic mass is 35.5. The Morgan fingerprint density at radius 3 is 2.79 bits per heavy atom. The number of ketones is 1. The molecular formula is C13H13ClN2O3. The van der Waals surface area contributed by atoms with Crippen LogP contribution in [0.1, 0.15) is 23.7 Å². The molecule has 100 valence electrons. The lowest BCUT2D eigenvalue weighted by Gasteiger charge is -2.16. The van der Waals surface area contributed by atoms with E-state index in [0.29, 0.717) is 17.3 Å². The van der Waals surface area contributed by atoms with Crippen molar-refractivity contribution in [2.45, 2.75) is 13.3 Å². The fourth-order valence-corrected chi connectivity index (χ4v) is 2.20. The summed E-state index contributed by atoms with van der Waals surface area (Å²) in [6.07, 6.45) is 0.802. The van der Waals surface area contributed by atoms with Gasteiger partial charge in [-0.1, -0.05) is 24.6 Å². The fraction of sp³-hybridized carbons (Fsp3) is 0.308. The zero-order valence-corrected chi connectivity index (χ0v) is 11.2. The van der Waals surface area contributed by atoms with Crippen molar-refractivity contribution in [3.8, 4) is 0 Å². The lowest BCUT2D eigenvalue weighted by atomic mass is 10.1. The van der Waals surface area contributed by atoms with Crippen LogP contribution in [0, 0.1) is 0 Å². The van der Waals surface area contributed by atoms with E-state index in [9.17, 15) is 14.4 Å². The minimum Gasteiger partial charge on any atom is -0.355 e. The van der Waals surface area contributed by atoms with Crippen molar-refractivity contribution in [2.24, 2.45) is 0 Å². The van der Waals surface area contributed by atoms with Gasteiger partial charge in [0.1, 0.15) is 6.54 Å². The van der Waals surface area contributed by atoms with Crippen molar-refractivity contribution < 1.29 is 14.4 Å². The van der Waals surface area contributed by atoms with Crippen molar-refractivity contribution in [3.05, 3.63) is 28.8 Å². The summed E-state index contributed by atoms with van der Waals surface area (Å²) in [6, 6.07) is 4.72. The van der Waals surface area contributed by atoms with Crippen LogP contribution in [-0.2, 0) is 9.59 Å². The molecule has 0 saturated carbocycles. The van der Waals surface area contributed by atoms with Crippen LogP contribution < -0.4 is 10.2 Å². The average molecular weight is 281 g/mol. The Bertz CT molecular complexity index is 557. The number of amides is 2. The summed E-state index contributed by atoms with van der Waals surface area (Å²) in [4.78, 5) is 36.4. The van der Waals surface area contributed by atoms with E-state index in [4.69, 9.17) is 11.6 Å². The van der Waals surface area contributed by atoms with Gasteiger partial charge in [0.15, 0.2) is 0 Å². The number of Topliss-reactive ketones (excluding diaryl/α,β-unsaturated/α-hetero) is 1. The highest BCUT2D eigenvalue weighted by Gasteiger charge is 2.38. The molecule has 0 bridgehead atoms. The molecule has 0 atom stereocenters. The zero-order chi connectivity index (χ0) is 14.0. The lowest BCUT2D eigenvalue weighted by molar-refractivity contribution is -0.122. The first-order valence-electron chi connectivity index (χ1n) is 5.97. The van der Waals surface area contributed by atoms with Gasteiger partial charge in [-0.3, -0.25) is 19.3 Å². The smallest absolute Gasteiger partial charge is 0.300 e. The standard InChI is InChI=1S/C13H13ClN2O3/c1-2-6-15-10(17)7-16-11-8(12(18)13(16)19)4-3-5-9(11)14/h3-5H,2,6-7H2,1H3,(H,15,17). The molecule has 0 saturated heterocycles. The summed E-state index contributed by atoms with van der Waals surface area (Å²) in [5.74, 6) is -1.65. The van der Waals surface area contributed by atoms with Crippen LogP contribution >= 0.6 is 11.6 Å². The maximum Gasteiger partial charge on any atom is 0.300 e. The minimum atomic E-state index is -0.713. The number of benzene rings is 1. The molecule has 1 aromatic rings. The van der Waals surface area contributed by atoms with E-state index < -0.39 is 11.7 Å². The largest absolute Gasteiger partial charge is 0.355 e. The van der Waals surface area contributed by atoms with Gasteiger partial charge < -0.3 is 5.32 Å². The molecule has 0 aromatic heterocycles. The Labute approximate surface area is 115 Å².